The summed E-state index contributed by atoms with van der Waals surface area (Å²) >= 11 is 0. The van der Waals surface area contributed by atoms with Gasteiger partial charge in [-0.05, 0) is 6.54 Å². The molecular formula is C6H9NO6S. The molecule has 0 aromatic carbocycles. The van der Waals surface area contributed by atoms with Gasteiger partial charge in [0.2, 0.25) is 10.3 Å². The van der Waals surface area contributed by atoms with Crippen LogP contribution >= 0.6 is 0 Å². The van der Waals surface area contributed by atoms with Gasteiger partial charge in [-0.15, -0.1) is 0 Å². The molecule has 0 radical (unpaired) electrons. The van der Waals surface area contributed by atoms with Crippen LogP contribution in [0.15, 0.2) is 0 Å². The normalized spacial score (nSPS) is 11.8. The van der Waals surface area contributed by atoms with Gasteiger partial charge in [-0.25, -0.2) is 4.79 Å². The molecule has 3 N–H and O–H groups in total. The fraction of sp³-hybridized carbons (Fsp3) is 0.500. The molecule has 0 unspecified atom stereocenters. The molecule has 0 amide bonds. The number of nitrogens with one attached hydrogen (secondary N) is 1. The molecule has 0 spiro atoms. The molecule has 0 aliphatic rings. The zero-order valence-electron chi connectivity index (χ0n) is 7.22. The van der Waals surface area contributed by atoms with Crippen LogP contribution in [0.1, 0.15) is 6.92 Å². The van der Waals surface area contributed by atoms with E-state index in [2.05, 4.69) is 5.32 Å². The third-order valence-corrected chi connectivity index (χ3v) is 2.08. The van der Waals surface area contributed by atoms with Crippen molar-refractivity contribution >= 4 is 27.1 Å². The fourth-order valence-corrected chi connectivity index (χ4v) is 1.31. The van der Waals surface area contributed by atoms with E-state index in [4.69, 9.17) is 10.2 Å². The Bertz CT molecular complexity index is 362. The Hall–Kier alpha value is -1.41. The first kappa shape index (κ1) is 12.6. The van der Waals surface area contributed by atoms with Crippen molar-refractivity contribution in [1.82, 2.24) is 5.32 Å². The molecule has 0 fully saturated rings. The second-order valence-electron chi connectivity index (χ2n) is 2.23. The van der Waals surface area contributed by atoms with Crippen LogP contribution in [0.3, 0.4) is 0 Å². The molecule has 0 aliphatic carbocycles. The van der Waals surface area contributed by atoms with E-state index in [-0.39, 0.29) is 6.54 Å². The van der Waals surface area contributed by atoms with Crippen LogP contribution < -0.4 is 5.32 Å². The van der Waals surface area contributed by atoms with E-state index in [1.165, 1.54) is 6.92 Å². The number of likely N-dealkylation sites (N-methyl/N-ethyl adjacent to an activating group) is 1. The van der Waals surface area contributed by atoms with E-state index >= 15 is 0 Å². The number of carbonyl (C=O) groups is 2. The Kier molecular flexibility index (Phi) is 4.81. The summed E-state index contributed by atoms with van der Waals surface area (Å²) in [5, 5.41) is 19.2. The minimum absolute atomic E-state index is 0.144. The number of carboxylic acids is 2. The molecule has 0 bridgehead atoms. The van der Waals surface area contributed by atoms with E-state index in [1.54, 1.807) is 0 Å². The van der Waals surface area contributed by atoms with Crippen molar-refractivity contribution in [2.24, 2.45) is 0 Å². The molecule has 8 heteroatoms. The van der Waals surface area contributed by atoms with Crippen molar-refractivity contribution in [3.8, 4) is 0 Å². The standard InChI is InChI=1S/C6H9NO6S/c1-2-7-3(5(8)9)4(6(10)11)14(12)13/h3,7H,2H2,1H3,(H,8,9)(H,10,11)/t3-/m0/s1. The van der Waals surface area contributed by atoms with Crippen LogP contribution in [0, 0.1) is 0 Å². The van der Waals surface area contributed by atoms with E-state index in [1.807, 2.05) is 0 Å². The molecule has 0 rings (SSSR count). The summed E-state index contributed by atoms with van der Waals surface area (Å²) in [7, 11) is -3.06. The van der Waals surface area contributed by atoms with Crippen LogP contribution in [-0.2, 0) is 19.9 Å². The topological polar surface area (TPSA) is 121 Å². The average Bonchev–Trinajstić information content (AvgIpc) is 2.01. The van der Waals surface area contributed by atoms with Crippen molar-refractivity contribution in [3.63, 3.8) is 0 Å². The predicted molar refractivity (Wildman–Crippen MR) is 46.7 cm³/mol. The average molecular weight is 223 g/mol. The lowest BCUT2D eigenvalue weighted by Gasteiger charge is -2.09. The maximum Gasteiger partial charge on any atom is 0.349 e. The summed E-state index contributed by atoms with van der Waals surface area (Å²) in [6, 6.07) is -1.71. The Morgan fingerprint density at radius 2 is 1.86 bits per heavy atom. The largest absolute Gasteiger partial charge is 0.480 e. The highest BCUT2D eigenvalue weighted by Gasteiger charge is 2.29. The maximum absolute atomic E-state index is 10.5. The highest BCUT2D eigenvalue weighted by molar-refractivity contribution is 7.75. The van der Waals surface area contributed by atoms with Gasteiger partial charge in [-0.1, -0.05) is 6.92 Å². The highest BCUT2D eigenvalue weighted by atomic mass is 32.2. The molecule has 0 aliphatic heterocycles. The van der Waals surface area contributed by atoms with Crippen molar-refractivity contribution in [3.05, 3.63) is 0 Å². The monoisotopic (exact) mass is 223 g/mol. The van der Waals surface area contributed by atoms with E-state index in [0.717, 1.165) is 0 Å². The summed E-state index contributed by atoms with van der Waals surface area (Å²) in [5.41, 5.74) is 0. The maximum atomic E-state index is 10.5. The number of rotatable bonds is 5. The van der Waals surface area contributed by atoms with E-state index in [9.17, 15) is 18.0 Å². The predicted octanol–water partition coefficient (Wildman–Crippen LogP) is -1.81. The molecular weight excluding hydrogens is 214 g/mol. The minimum Gasteiger partial charge on any atom is -0.480 e. The second-order valence-corrected chi connectivity index (χ2v) is 3.14. The Balaban J connectivity index is 5.27. The van der Waals surface area contributed by atoms with Crippen LogP contribution in [0.25, 0.3) is 0 Å². The van der Waals surface area contributed by atoms with E-state index in [0.29, 0.717) is 0 Å². The van der Waals surface area contributed by atoms with Crippen LogP contribution in [0.2, 0.25) is 0 Å². The lowest BCUT2D eigenvalue weighted by Crippen LogP contribution is -2.47. The molecule has 80 valence electrons. The first-order chi connectivity index (χ1) is 6.41. The summed E-state index contributed by atoms with van der Waals surface area (Å²) < 4.78 is 20.9. The fourth-order valence-electron chi connectivity index (χ4n) is 0.787. The van der Waals surface area contributed by atoms with Gasteiger partial charge in [0.05, 0.1) is 0 Å². The van der Waals surface area contributed by atoms with Gasteiger partial charge in [0, 0.05) is 0 Å². The van der Waals surface area contributed by atoms with Gasteiger partial charge in [0.25, 0.3) is 0 Å². The first-order valence-electron chi connectivity index (χ1n) is 3.57. The molecule has 0 aromatic heterocycles. The summed E-state index contributed by atoms with van der Waals surface area (Å²) in [6.45, 7) is 1.67. The Morgan fingerprint density at radius 1 is 1.36 bits per heavy atom. The zero-order valence-corrected chi connectivity index (χ0v) is 8.04. The van der Waals surface area contributed by atoms with Gasteiger partial charge in [0.15, 0.2) is 10.9 Å². The second kappa shape index (κ2) is 5.35. The zero-order chi connectivity index (χ0) is 11.3. The van der Waals surface area contributed by atoms with Crippen LogP contribution in [-0.4, -0.2) is 48.0 Å². The lowest BCUT2D eigenvalue weighted by atomic mass is 10.2. The smallest absolute Gasteiger partial charge is 0.349 e. The van der Waals surface area contributed by atoms with Gasteiger partial charge in [-0.2, -0.15) is 8.42 Å². The van der Waals surface area contributed by atoms with Crippen molar-refractivity contribution in [2.45, 2.75) is 13.0 Å². The number of hydrogen-bond acceptors (Lipinski definition) is 5. The minimum atomic E-state index is -3.06. The Labute approximate surface area is 80.9 Å². The first-order valence-corrected chi connectivity index (χ1v) is 4.64. The summed E-state index contributed by atoms with van der Waals surface area (Å²) in [5.74, 6) is -3.32. The van der Waals surface area contributed by atoms with Gasteiger partial charge < -0.3 is 10.2 Å². The third-order valence-electron chi connectivity index (χ3n) is 1.31. The molecule has 0 saturated carbocycles. The molecule has 14 heavy (non-hydrogen) atoms. The number of carboxylic acid groups (broad SMARTS) is 2. The van der Waals surface area contributed by atoms with Crippen LogP contribution in [0.4, 0.5) is 0 Å². The van der Waals surface area contributed by atoms with Crippen LogP contribution in [0.5, 0.6) is 0 Å². The van der Waals surface area contributed by atoms with Crippen molar-refractivity contribution in [1.29, 1.82) is 0 Å². The molecule has 0 saturated heterocycles. The highest BCUT2D eigenvalue weighted by Crippen LogP contribution is 1.89. The SMILES string of the molecule is CCN[C@H](C(=O)O)C(C(=O)O)=S(=O)=O. The molecule has 7 nitrogen and oxygen atoms in total. The van der Waals surface area contributed by atoms with Gasteiger partial charge >= 0.3 is 11.9 Å². The quantitative estimate of drug-likeness (QED) is 0.469. The molecule has 1 atom stereocenters. The van der Waals surface area contributed by atoms with Crippen molar-refractivity contribution in [2.75, 3.05) is 6.54 Å². The van der Waals surface area contributed by atoms with Gasteiger partial charge in [-0.3, -0.25) is 10.1 Å². The van der Waals surface area contributed by atoms with Gasteiger partial charge in [0.1, 0.15) is 0 Å². The van der Waals surface area contributed by atoms with Crippen molar-refractivity contribution < 1.29 is 28.2 Å². The third kappa shape index (κ3) is 3.15. The molecule has 0 heterocycles. The summed E-state index contributed by atoms with van der Waals surface area (Å²) in [4.78, 5) is 19.9. The lowest BCUT2D eigenvalue weighted by molar-refractivity contribution is -0.139. The Morgan fingerprint density at radius 3 is 2.07 bits per heavy atom. The van der Waals surface area contributed by atoms with E-state index < -0.39 is 33.1 Å². The molecule has 0 aromatic rings. The summed E-state index contributed by atoms with van der Waals surface area (Å²) in [6.07, 6.45) is 0. The number of aliphatic carboxylic acids is 2. The number of hydrogen-bond donors (Lipinski definition) is 3.